The summed E-state index contributed by atoms with van der Waals surface area (Å²) in [6.07, 6.45) is 1.13. The molecule has 2 atom stereocenters. The highest BCUT2D eigenvalue weighted by atomic mass is 16.5. The zero-order valence-corrected chi connectivity index (χ0v) is 9.86. The Morgan fingerprint density at radius 1 is 1.33 bits per heavy atom. The molecule has 2 unspecified atom stereocenters. The third kappa shape index (κ3) is 8.39. The van der Waals surface area contributed by atoms with Gasteiger partial charge in [-0.2, -0.15) is 0 Å². The number of aliphatic hydroxyl groups excluding tert-OH is 1. The van der Waals surface area contributed by atoms with Crippen LogP contribution in [0.25, 0.3) is 0 Å². The molecule has 1 N–H and O–H groups in total. The van der Waals surface area contributed by atoms with E-state index in [4.69, 9.17) is 14.6 Å². The summed E-state index contributed by atoms with van der Waals surface area (Å²) in [4.78, 5) is 10.9. The van der Waals surface area contributed by atoms with Crippen LogP contribution in [0.5, 0.6) is 0 Å². The Morgan fingerprint density at radius 3 is 2.53 bits per heavy atom. The van der Waals surface area contributed by atoms with Crippen molar-refractivity contribution in [1.82, 2.24) is 0 Å². The predicted octanol–water partition coefficient (Wildman–Crippen LogP) is 1.36. The Labute approximate surface area is 91.6 Å². The van der Waals surface area contributed by atoms with Gasteiger partial charge >= 0.3 is 5.97 Å². The molecule has 0 amide bonds. The summed E-state index contributed by atoms with van der Waals surface area (Å²) in [6.45, 7) is 7.09. The SMILES string of the molecule is CCCCOCC(C)COC(=O)C(C)O. The molecule has 0 aromatic carbocycles. The standard InChI is InChI=1S/C11H22O4/c1-4-5-6-14-7-9(2)8-15-11(13)10(3)12/h9-10,12H,4-8H2,1-3H3. The molecule has 0 bridgehead atoms. The maximum absolute atomic E-state index is 10.9. The van der Waals surface area contributed by atoms with Gasteiger partial charge in [0.1, 0.15) is 6.10 Å². The normalized spacial score (nSPS) is 14.7. The van der Waals surface area contributed by atoms with Crippen LogP contribution in [0.15, 0.2) is 0 Å². The van der Waals surface area contributed by atoms with Crippen molar-refractivity contribution < 1.29 is 19.4 Å². The van der Waals surface area contributed by atoms with Gasteiger partial charge in [0.25, 0.3) is 0 Å². The maximum atomic E-state index is 10.9. The number of carbonyl (C=O) groups excluding carboxylic acids is 1. The van der Waals surface area contributed by atoms with E-state index in [9.17, 15) is 4.79 Å². The quantitative estimate of drug-likeness (QED) is 0.494. The summed E-state index contributed by atoms with van der Waals surface area (Å²) in [5.74, 6) is -0.403. The van der Waals surface area contributed by atoms with Crippen molar-refractivity contribution in [3.63, 3.8) is 0 Å². The van der Waals surface area contributed by atoms with Gasteiger partial charge in [0.15, 0.2) is 0 Å². The number of carbonyl (C=O) groups is 1. The lowest BCUT2D eigenvalue weighted by molar-refractivity contribution is -0.154. The minimum absolute atomic E-state index is 0.171. The molecule has 4 heteroatoms. The lowest BCUT2D eigenvalue weighted by atomic mass is 10.2. The summed E-state index contributed by atoms with van der Waals surface area (Å²) < 4.78 is 10.2. The maximum Gasteiger partial charge on any atom is 0.334 e. The van der Waals surface area contributed by atoms with Crippen molar-refractivity contribution in [2.24, 2.45) is 5.92 Å². The number of hydrogen-bond donors (Lipinski definition) is 1. The van der Waals surface area contributed by atoms with Crippen LogP contribution >= 0.6 is 0 Å². The molecular weight excluding hydrogens is 196 g/mol. The minimum Gasteiger partial charge on any atom is -0.463 e. The van der Waals surface area contributed by atoms with Gasteiger partial charge in [-0.15, -0.1) is 0 Å². The molecule has 0 rings (SSSR count). The lowest BCUT2D eigenvalue weighted by Crippen LogP contribution is -2.23. The van der Waals surface area contributed by atoms with Crippen molar-refractivity contribution in [1.29, 1.82) is 0 Å². The number of ether oxygens (including phenoxy) is 2. The zero-order valence-electron chi connectivity index (χ0n) is 9.86. The monoisotopic (exact) mass is 218 g/mol. The van der Waals surface area contributed by atoms with Crippen LogP contribution in [0.3, 0.4) is 0 Å². The van der Waals surface area contributed by atoms with Crippen LogP contribution in [-0.4, -0.2) is 37.0 Å². The number of rotatable bonds is 8. The van der Waals surface area contributed by atoms with Gasteiger partial charge in [-0.1, -0.05) is 20.3 Å². The fraction of sp³-hybridized carbons (Fsp3) is 0.909. The van der Waals surface area contributed by atoms with Gasteiger partial charge in [-0.05, 0) is 13.3 Å². The van der Waals surface area contributed by atoms with E-state index in [1.54, 1.807) is 0 Å². The first-order chi connectivity index (χ1) is 7.07. The molecule has 0 saturated carbocycles. The fourth-order valence-corrected chi connectivity index (χ4v) is 0.924. The van der Waals surface area contributed by atoms with E-state index in [-0.39, 0.29) is 5.92 Å². The molecule has 0 aliphatic rings. The molecule has 0 saturated heterocycles. The summed E-state index contributed by atoms with van der Waals surface area (Å²) in [5.41, 5.74) is 0. The molecule has 0 aliphatic heterocycles. The van der Waals surface area contributed by atoms with Crippen LogP contribution < -0.4 is 0 Å². The Hall–Kier alpha value is -0.610. The van der Waals surface area contributed by atoms with Crippen LogP contribution in [0.1, 0.15) is 33.6 Å². The molecule has 0 fully saturated rings. The Morgan fingerprint density at radius 2 is 2.00 bits per heavy atom. The van der Waals surface area contributed by atoms with Gasteiger partial charge in [-0.3, -0.25) is 0 Å². The molecular formula is C11H22O4. The highest BCUT2D eigenvalue weighted by molar-refractivity contribution is 5.73. The van der Waals surface area contributed by atoms with Gasteiger partial charge in [0.05, 0.1) is 13.2 Å². The first-order valence-electron chi connectivity index (χ1n) is 5.50. The minimum atomic E-state index is -1.04. The first kappa shape index (κ1) is 14.4. The van der Waals surface area contributed by atoms with Crippen molar-refractivity contribution in [2.75, 3.05) is 19.8 Å². The third-order valence-electron chi connectivity index (χ3n) is 1.90. The summed E-state index contributed by atoms with van der Waals surface area (Å²) in [7, 11) is 0. The number of aliphatic hydroxyl groups is 1. The molecule has 0 aromatic rings. The van der Waals surface area contributed by atoms with Gasteiger partial charge in [0, 0.05) is 12.5 Å². The number of unbranched alkanes of at least 4 members (excludes halogenated alkanes) is 1. The van der Waals surface area contributed by atoms with Crippen LogP contribution in [0.4, 0.5) is 0 Å². The van der Waals surface area contributed by atoms with E-state index in [1.165, 1.54) is 6.92 Å². The van der Waals surface area contributed by atoms with Crippen LogP contribution in [0.2, 0.25) is 0 Å². The van der Waals surface area contributed by atoms with Crippen molar-refractivity contribution >= 4 is 5.97 Å². The molecule has 0 aliphatic carbocycles. The first-order valence-corrected chi connectivity index (χ1v) is 5.50. The summed E-state index contributed by atoms with van der Waals surface area (Å²) in [6, 6.07) is 0. The van der Waals surface area contributed by atoms with Gasteiger partial charge in [-0.25, -0.2) is 4.79 Å². The fourth-order valence-electron chi connectivity index (χ4n) is 0.924. The molecule has 0 aromatic heterocycles. The largest absolute Gasteiger partial charge is 0.463 e. The smallest absolute Gasteiger partial charge is 0.334 e. The van der Waals surface area contributed by atoms with Crippen molar-refractivity contribution in [2.45, 2.75) is 39.7 Å². The van der Waals surface area contributed by atoms with E-state index in [0.29, 0.717) is 13.2 Å². The Bertz CT molecular complexity index is 168. The molecule has 4 nitrogen and oxygen atoms in total. The molecule has 0 heterocycles. The predicted molar refractivity (Wildman–Crippen MR) is 57.5 cm³/mol. The molecule has 90 valence electrons. The summed E-state index contributed by atoms with van der Waals surface area (Å²) in [5, 5.41) is 8.87. The van der Waals surface area contributed by atoms with E-state index in [0.717, 1.165) is 19.4 Å². The Balaban J connectivity index is 3.40. The second-order valence-electron chi connectivity index (χ2n) is 3.84. The topological polar surface area (TPSA) is 55.8 Å². The Kier molecular flexibility index (Phi) is 8.33. The highest BCUT2D eigenvalue weighted by Crippen LogP contribution is 2.00. The number of esters is 1. The van der Waals surface area contributed by atoms with Crippen molar-refractivity contribution in [3.8, 4) is 0 Å². The van der Waals surface area contributed by atoms with Crippen molar-refractivity contribution in [3.05, 3.63) is 0 Å². The molecule has 0 radical (unpaired) electrons. The summed E-state index contributed by atoms with van der Waals surface area (Å²) >= 11 is 0. The van der Waals surface area contributed by atoms with Gasteiger partial charge < -0.3 is 14.6 Å². The second kappa shape index (κ2) is 8.68. The number of hydrogen-bond acceptors (Lipinski definition) is 4. The van der Waals surface area contributed by atoms with E-state index in [1.807, 2.05) is 6.92 Å². The average molecular weight is 218 g/mol. The molecule has 0 spiro atoms. The van der Waals surface area contributed by atoms with Gasteiger partial charge in [0.2, 0.25) is 0 Å². The zero-order chi connectivity index (χ0) is 11.7. The third-order valence-corrected chi connectivity index (χ3v) is 1.90. The van der Waals surface area contributed by atoms with Crippen LogP contribution in [-0.2, 0) is 14.3 Å². The van der Waals surface area contributed by atoms with Crippen LogP contribution in [0, 0.1) is 5.92 Å². The lowest BCUT2D eigenvalue weighted by Gasteiger charge is -2.13. The van der Waals surface area contributed by atoms with E-state index < -0.39 is 12.1 Å². The van der Waals surface area contributed by atoms with E-state index >= 15 is 0 Å². The second-order valence-corrected chi connectivity index (χ2v) is 3.84. The molecule has 15 heavy (non-hydrogen) atoms. The van der Waals surface area contributed by atoms with E-state index in [2.05, 4.69) is 6.92 Å². The highest BCUT2D eigenvalue weighted by Gasteiger charge is 2.12. The average Bonchev–Trinajstić information content (AvgIpc) is 2.20.